The quantitative estimate of drug-likeness (QED) is 0.723. The van der Waals surface area contributed by atoms with Crippen LogP contribution in [0.1, 0.15) is 40.5 Å². The van der Waals surface area contributed by atoms with Gasteiger partial charge in [0.05, 0.1) is 6.61 Å². The average Bonchev–Trinajstić information content (AvgIpc) is 2.39. The Morgan fingerprint density at radius 3 is 2.47 bits per heavy atom. The van der Waals surface area contributed by atoms with Gasteiger partial charge in [0.25, 0.3) is 0 Å². The van der Waals surface area contributed by atoms with Gasteiger partial charge in [-0.05, 0) is 42.9 Å². The minimum absolute atomic E-state index is 0.323. The molecule has 0 heterocycles. The Morgan fingerprint density at radius 1 is 1.21 bits per heavy atom. The van der Waals surface area contributed by atoms with E-state index in [1.165, 1.54) is 6.42 Å². The lowest BCUT2D eigenvalue weighted by atomic mass is 9.84. The van der Waals surface area contributed by atoms with Gasteiger partial charge in [0.2, 0.25) is 0 Å². The van der Waals surface area contributed by atoms with E-state index in [1.807, 2.05) is 30.3 Å². The molecule has 1 unspecified atom stereocenters. The molecule has 1 aromatic rings. The molecule has 0 aliphatic carbocycles. The van der Waals surface area contributed by atoms with E-state index in [0.29, 0.717) is 11.3 Å². The highest BCUT2D eigenvalue weighted by Gasteiger charge is 2.21. The summed E-state index contributed by atoms with van der Waals surface area (Å²) in [7, 11) is 0. The van der Waals surface area contributed by atoms with E-state index < -0.39 is 0 Å². The molecule has 0 radical (unpaired) electrons. The Kier molecular flexibility index (Phi) is 6.93. The zero-order valence-corrected chi connectivity index (χ0v) is 12.9. The van der Waals surface area contributed by atoms with Crippen molar-refractivity contribution in [2.24, 2.45) is 11.3 Å². The first kappa shape index (κ1) is 16.0. The minimum Gasteiger partial charge on any atom is -0.494 e. The van der Waals surface area contributed by atoms with Crippen LogP contribution in [0.25, 0.3) is 0 Å². The predicted octanol–water partition coefficient (Wildman–Crippen LogP) is 4.12. The van der Waals surface area contributed by atoms with Crippen molar-refractivity contribution in [3.05, 3.63) is 30.3 Å². The summed E-state index contributed by atoms with van der Waals surface area (Å²) in [5.41, 5.74) is 0.323. The fraction of sp³-hybridized carbons (Fsp3) is 0.647. The molecule has 1 atom stereocenters. The second kappa shape index (κ2) is 8.21. The average molecular weight is 263 g/mol. The zero-order valence-electron chi connectivity index (χ0n) is 12.9. The Labute approximate surface area is 118 Å². The van der Waals surface area contributed by atoms with Gasteiger partial charge >= 0.3 is 0 Å². The topological polar surface area (TPSA) is 21.3 Å². The summed E-state index contributed by atoms with van der Waals surface area (Å²) in [6, 6.07) is 10.1. The third kappa shape index (κ3) is 6.63. The number of benzene rings is 1. The summed E-state index contributed by atoms with van der Waals surface area (Å²) in [5, 5.41) is 3.57. The first-order valence-electron chi connectivity index (χ1n) is 7.44. The highest BCUT2D eigenvalue weighted by Crippen LogP contribution is 2.25. The molecular formula is C17H29NO. The van der Waals surface area contributed by atoms with Crippen molar-refractivity contribution in [2.45, 2.75) is 40.5 Å². The normalized spacial score (nSPS) is 14.4. The molecule has 0 aliphatic heterocycles. The summed E-state index contributed by atoms with van der Waals surface area (Å²) in [5.74, 6) is 1.68. The van der Waals surface area contributed by atoms with Crippen molar-refractivity contribution in [2.75, 3.05) is 19.7 Å². The summed E-state index contributed by atoms with van der Waals surface area (Å²) >= 11 is 0. The standard InChI is InChI=1S/C17H29NO/c1-5-17(4,14-18-13-15(2)3)11-12-19-16-9-7-6-8-10-16/h6-10,15,18H,5,11-14H2,1-4H3. The number of para-hydroxylation sites is 1. The molecule has 0 fully saturated rings. The van der Waals surface area contributed by atoms with Gasteiger partial charge < -0.3 is 10.1 Å². The number of rotatable bonds is 9. The van der Waals surface area contributed by atoms with Crippen LogP contribution in [0.3, 0.4) is 0 Å². The van der Waals surface area contributed by atoms with Crippen molar-refractivity contribution in [1.82, 2.24) is 5.32 Å². The Bertz CT molecular complexity index is 336. The summed E-state index contributed by atoms with van der Waals surface area (Å²) in [4.78, 5) is 0. The molecule has 108 valence electrons. The Hall–Kier alpha value is -1.02. The first-order chi connectivity index (χ1) is 9.06. The van der Waals surface area contributed by atoms with Gasteiger partial charge in [0, 0.05) is 6.54 Å². The van der Waals surface area contributed by atoms with E-state index in [1.54, 1.807) is 0 Å². The van der Waals surface area contributed by atoms with Crippen LogP contribution >= 0.6 is 0 Å². The smallest absolute Gasteiger partial charge is 0.119 e. The van der Waals surface area contributed by atoms with Crippen LogP contribution in [0.2, 0.25) is 0 Å². The third-order valence-electron chi connectivity index (χ3n) is 3.68. The summed E-state index contributed by atoms with van der Waals surface area (Å²) in [6.45, 7) is 12.0. The second-order valence-electron chi connectivity index (χ2n) is 6.10. The number of hydrogen-bond donors (Lipinski definition) is 1. The van der Waals surface area contributed by atoms with Crippen molar-refractivity contribution >= 4 is 0 Å². The van der Waals surface area contributed by atoms with Gasteiger partial charge in [-0.15, -0.1) is 0 Å². The van der Waals surface area contributed by atoms with E-state index in [9.17, 15) is 0 Å². The predicted molar refractivity (Wildman–Crippen MR) is 82.7 cm³/mol. The van der Waals surface area contributed by atoms with Gasteiger partial charge in [-0.1, -0.05) is 45.9 Å². The van der Waals surface area contributed by atoms with Crippen molar-refractivity contribution in [3.8, 4) is 5.75 Å². The second-order valence-corrected chi connectivity index (χ2v) is 6.10. The zero-order chi connectivity index (χ0) is 14.1. The van der Waals surface area contributed by atoms with Crippen LogP contribution in [0.15, 0.2) is 30.3 Å². The first-order valence-corrected chi connectivity index (χ1v) is 7.44. The largest absolute Gasteiger partial charge is 0.494 e. The molecule has 0 aliphatic rings. The fourth-order valence-corrected chi connectivity index (χ4v) is 1.98. The van der Waals surface area contributed by atoms with Crippen LogP contribution in [0.4, 0.5) is 0 Å². The summed E-state index contributed by atoms with van der Waals surface area (Å²) in [6.07, 6.45) is 2.26. The molecular weight excluding hydrogens is 234 g/mol. The lowest BCUT2D eigenvalue weighted by Gasteiger charge is -2.29. The molecule has 0 saturated heterocycles. The van der Waals surface area contributed by atoms with E-state index in [2.05, 4.69) is 33.0 Å². The molecule has 0 spiro atoms. The molecule has 0 bridgehead atoms. The van der Waals surface area contributed by atoms with Crippen LogP contribution < -0.4 is 10.1 Å². The van der Waals surface area contributed by atoms with Gasteiger partial charge in [-0.3, -0.25) is 0 Å². The van der Waals surface area contributed by atoms with E-state index in [4.69, 9.17) is 4.74 Å². The SMILES string of the molecule is CCC(C)(CCOc1ccccc1)CNCC(C)C. The van der Waals surface area contributed by atoms with E-state index in [0.717, 1.165) is 31.9 Å². The van der Waals surface area contributed by atoms with Gasteiger partial charge in [-0.2, -0.15) is 0 Å². The van der Waals surface area contributed by atoms with Gasteiger partial charge in [0.15, 0.2) is 0 Å². The molecule has 1 aromatic carbocycles. The van der Waals surface area contributed by atoms with Crippen LogP contribution in [-0.2, 0) is 0 Å². The monoisotopic (exact) mass is 263 g/mol. The van der Waals surface area contributed by atoms with Crippen molar-refractivity contribution in [1.29, 1.82) is 0 Å². The number of hydrogen-bond acceptors (Lipinski definition) is 2. The lowest BCUT2D eigenvalue weighted by Crippen LogP contribution is -2.34. The maximum Gasteiger partial charge on any atom is 0.119 e. The maximum atomic E-state index is 5.80. The van der Waals surface area contributed by atoms with E-state index >= 15 is 0 Å². The van der Waals surface area contributed by atoms with Crippen molar-refractivity contribution in [3.63, 3.8) is 0 Å². The fourth-order valence-electron chi connectivity index (χ4n) is 1.98. The summed E-state index contributed by atoms with van der Waals surface area (Å²) < 4.78 is 5.80. The van der Waals surface area contributed by atoms with Crippen LogP contribution in [0, 0.1) is 11.3 Å². The number of nitrogens with one attached hydrogen (secondary N) is 1. The molecule has 0 aromatic heterocycles. The number of ether oxygens (including phenoxy) is 1. The minimum atomic E-state index is 0.323. The molecule has 2 heteroatoms. The highest BCUT2D eigenvalue weighted by atomic mass is 16.5. The maximum absolute atomic E-state index is 5.80. The van der Waals surface area contributed by atoms with E-state index in [-0.39, 0.29) is 0 Å². The third-order valence-corrected chi connectivity index (χ3v) is 3.68. The van der Waals surface area contributed by atoms with Gasteiger partial charge in [0.1, 0.15) is 5.75 Å². The molecule has 19 heavy (non-hydrogen) atoms. The molecule has 1 rings (SSSR count). The van der Waals surface area contributed by atoms with Crippen molar-refractivity contribution < 1.29 is 4.74 Å². The highest BCUT2D eigenvalue weighted by molar-refractivity contribution is 5.20. The lowest BCUT2D eigenvalue weighted by molar-refractivity contribution is 0.198. The molecule has 0 saturated carbocycles. The Balaban J connectivity index is 2.30. The van der Waals surface area contributed by atoms with Crippen LogP contribution in [0.5, 0.6) is 5.75 Å². The molecule has 2 nitrogen and oxygen atoms in total. The molecule has 1 N–H and O–H groups in total. The Morgan fingerprint density at radius 2 is 1.89 bits per heavy atom. The van der Waals surface area contributed by atoms with Crippen LogP contribution in [-0.4, -0.2) is 19.7 Å². The van der Waals surface area contributed by atoms with Gasteiger partial charge in [-0.25, -0.2) is 0 Å². The molecule has 0 amide bonds.